The van der Waals surface area contributed by atoms with E-state index in [1.807, 2.05) is 66.7 Å². The van der Waals surface area contributed by atoms with Crippen LogP contribution in [0, 0.1) is 0 Å². The average molecular weight is 369 g/mol. The molecule has 0 aliphatic carbocycles. The third-order valence-electron chi connectivity index (χ3n) is 3.76. The van der Waals surface area contributed by atoms with Gasteiger partial charge in [0.1, 0.15) is 0 Å². The van der Waals surface area contributed by atoms with Gasteiger partial charge < -0.3 is 0 Å². The van der Waals surface area contributed by atoms with Crippen LogP contribution in [0.4, 0.5) is 0 Å². The molecule has 0 aromatic heterocycles. The van der Waals surface area contributed by atoms with Gasteiger partial charge in [-0.25, -0.2) is 5.01 Å². The minimum atomic E-state index is -0.0418. The number of benzene rings is 2. The van der Waals surface area contributed by atoms with Gasteiger partial charge in [-0.05, 0) is 23.3 Å². The maximum Gasteiger partial charge on any atom is 0.240 e. The summed E-state index contributed by atoms with van der Waals surface area (Å²) in [7, 11) is 0. The van der Waals surface area contributed by atoms with Gasteiger partial charge in [0.25, 0.3) is 0 Å². The molecule has 0 saturated heterocycles. The van der Waals surface area contributed by atoms with Gasteiger partial charge in [-0.1, -0.05) is 70.5 Å². The molecule has 23 heavy (non-hydrogen) atoms. The maximum absolute atomic E-state index is 11.9. The summed E-state index contributed by atoms with van der Waals surface area (Å²) < 4.78 is 1.03. The van der Waals surface area contributed by atoms with Crippen LogP contribution in [-0.4, -0.2) is 22.7 Å². The van der Waals surface area contributed by atoms with Gasteiger partial charge in [-0.15, -0.1) is 0 Å². The minimum absolute atomic E-state index is 0.0358. The molecule has 2 aromatic carbocycles. The minimum Gasteiger partial charge on any atom is -0.273 e. The Kier molecular flexibility index (Phi) is 4.72. The predicted molar refractivity (Wildman–Crippen MR) is 97.1 cm³/mol. The summed E-state index contributed by atoms with van der Waals surface area (Å²) in [6, 6.07) is 18.1. The van der Waals surface area contributed by atoms with Crippen molar-refractivity contribution in [1.29, 1.82) is 0 Å². The Morgan fingerprint density at radius 1 is 1.17 bits per heavy atom. The number of nitrogens with zero attached hydrogens (tertiary/aromatic N) is 2. The lowest BCUT2D eigenvalue weighted by atomic mass is 10.0. The van der Waals surface area contributed by atoms with E-state index in [2.05, 4.69) is 21.0 Å². The second kappa shape index (κ2) is 6.92. The average Bonchev–Trinajstić information content (AvgIpc) is 2.99. The largest absolute Gasteiger partial charge is 0.273 e. The Balaban J connectivity index is 1.81. The smallest absolute Gasteiger partial charge is 0.240 e. The molecule has 0 radical (unpaired) electrons. The lowest BCUT2D eigenvalue weighted by Gasteiger charge is -2.16. The monoisotopic (exact) mass is 368 g/mol. The first-order chi connectivity index (χ1) is 11.1. The number of carbonyl (C=O) groups is 1. The standard InChI is InChI=1S/C19H17BrN2O/c1-14(23)22-18(12-7-15-5-3-2-4-6-15)13-19(21-22)16-8-10-17(20)11-9-16/h2-12,18H,13H2,1H3/b12-7+/t18-/m0/s1. The van der Waals surface area contributed by atoms with Crippen LogP contribution in [0.3, 0.4) is 0 Å². The molecule has 0 bridgehead atoms. The number of hydrogen-bond donors (Lipinski definition) is 0. The van der Waals surface area contributed by atoms with Crippen LogP contribution in [-0.2, 0) is 4.79 Å². The summed E-state index contributed by atoms with van der Waals surface area (Å²) in [5.41, 5.74) is 3.11. The molecular formula is C19H17BrN2O. The van der Waals surface area contributed by atoms with E-state index in [1.165, 1.54) is 0 Å². The molecule has 4 heteroatoms. The molecule has 0 fully saturated rings. The Morgan fingerprint density at radius 3 is 2.52 bits per heavy atom. The van der Waals surface area contributed by atoms with E-state index in [-0.39, 0.29) is 11.9 Å². The first kappa shape index (κ1) is 15.7. The summed E-state index contributed by atoms with van der Waals surface area (Å²) in [6.07, 6.45) is 4.82. The third kappa shape index (κ3) is 3.77. The number of rotatable bonds is 3. The lowest BCUT2D eigenvalue weighted by molar-refractivity contribution is -0.129. The van der Waals surface area contributed by atoms with Crippen molar-refractivity contribution in [3.8, 4) is 0 Å². The zero-order valence-electron chi connectivity index (χ0n) is 12.8. The van der Waals surface area contributed by atoms with Crippen LogP contribution < -0.4 is 0 Å². The molecule has 0 unspecified atom stereocenters. The van der Waals surface area contributed by atoms with Crippen molar-refractivity contribution < 1.29 is 4.79 Å². The zero-order chi connectivity index (χ0) is 16.2. The summed E-state index contributed by atoms with van der Waals surface area (Å²) in [4.78, 5) is 11.9. The van der Waals surface area contributed by atoms with E-state index < -0.39 is 0 Å². The van der Waals surface area contributed by atoms with Gasteiger partial charge >= 0.3 is 0 Å². The van der Waals surface area contributed by atoms with Crippen molar-refractivity contribution in [2.45, 2.75) is 19.4 Å². The van der Waals surface area contributed by atoms with Gasteiger partial charge in [0.05, 0.1) is 11.8 Å². The molecule has 1 atom stereocenters. The molecule has 3 nitrogen and oxygen atoms in total. The van der Waals surface area contributed by atoms with E-state index in [4.69, 9.17) is 0 Å². The SMILES string of the molecule is CC(=O)N1N=C(c2ccc(Br)cc2)C[C@@H]1/C=C/c1ccccc1. The highest BCUT2D eigenvalue weighted by Crippen LogP contribution is 2.23. The first-order valence-electron chi connectivity index (χ1n) is 7.50. The summed E-state index contributed by atoms with van der Waals surface area (Å²) in [5, 5.41) is 6.08. The summed E-state index contributed by atoms with van der Waals surface area (Å²) >= 11 is 3.44. The highest BCUT2D eigenvalue weighted by atomic mass is 79.9. The summed E-state index contributed by atoms with van der Waals surface area (Å²) in [6.45, 7) is 1.55. The van der Waals surface area contributed by atoms with Crippen molar-refractivity contribution in [3.05, 3.63) is 76.3 Å². The van der Waals surface area contributed by atoms with Gasteiger partial charge in [0, 0.05) is 17.8 Å². The van der Waals surface area contributed by atoms with Crippen molar-refractivity contribution in [2.24, 2.45) is 5.10 Å². The van der Waals surface area contributed by atoms with Crippen LogP contribution in [0.15, 0.2) is 70.2 Å². The van der Waals surface area contributed by atoms with Crippen LogP contribution in [0.2, 0.25) is 0 Å². The summed E-state index contributed by atoms with van der Waals surface area (Å²) in [5.74, 6) is -0.0418. The fraction of sp³-hybridized carbons (Fsp3) is 0.158. The van der Waals surface area contributed by atoms with E-state index >= 15 is 0 Å². The molecule has 0 N–H and O–H groups in total. The van der Waals surface area contributed by atoms with E-state index in [0.29, 0.717) is 0 Å². The quantitative estimate of drug-likeness (QED) is 0.785. The molecular weight excluding hydrogens is 352 g/mol. The maximum atomic E-state index is 11.9. The molecule has 0 spiro atoms. The van der Waals surface area contributed by atoms with Crippen LogP contribution >= 0.6 is 15.9 Å². The number of hydrogen-bond acceptors (Lipinski definition) is 2. The van der Waals surface area contributed by atoms with Crippen molar-refractivity contribution >= 4 is 33.6 Å². The first-order valence-corrected chi connectivity index (χ1v) is 8.29. The number of amides is 1. The second-order valence-corrected chi connectivity index (χ2v) is 6.37. The highest BCUT2D eigenvalue weighted by Gasteiger charge is 2.27. The third-order valence-corrected chi connectivity index (χ3v) is 4.28. The Bertz CT molecular complexity index is 751. The van der Waals surface area contributed by atoms with Crippen molar-refractivity contribution in [1.82, 2.24) is 5.01 Å². The Morgan fingerprint density at radius 2 is 1.87 bits per heavy atom. The van der Waals surface area contributed by atoms with Crippen LogP contribution in [0.1, 0.15) is 24.5 Å². The second-order valence-electron chi connectivity index (χ2n) is 5.46. The van der Waals surface area contributed by atoms with Gasteiger partial charge in [0.15, 0.2) is 0 Å². The fourth-order valence-corrected chi connectivity index (χ4v) is 2.85. The van der Waals surface area contributed by atoms with Crippen molar-refractivity contribution in [2.75, 3.05) is 0 Å². The molecule has 3 rings (SSSR count). The van der Waals surface area contributed by atoms with Crippen molar-refractivity contribution in [3.63, 3.8) is 0 Å². The molecule has 116 valence electrons. The van der Waals surface area contributed by atoms with Crippen LogP contribution in [0.25, 0.3) is 6.08 Å². The highest BCUT2D eigenvalue weighted by molar-refractivity contribution is 9.10. The fourth-order valence-electron chi connectivity index (χ4n) is 2.59. The lowest BCUT2D eigenvalue weighted by Crippen LogP contribution is -2.29. The zero-order valence-corrected chi connectivity index (χ0v) is 14.4. The number of halogens is 1. The van der Waals surface area contributed by atoms with E-state index in [9.17, 15) is 4.79 Å². The molecule has 2 aromatic rings. The van der Waals surface area contributed by atoms with Gasteiger partial charge in [-0.3, -0.25) is 4.79 Å². The molecule has 1 aliphatic heterocycles. The van der Waals surface area contributed by atoms with Gasteiger partial charge in [0.2, 0.25) is 5.91 Å². The van der Waals surface area contributed by atoms with E-state index in [1.54, 1.807) is 11.9 Å². The van der Waals surface area contributed by atoms with Gasteiger partial charge in [-0.2, -0.15) is 5.10 Å². The van der Waals surface area contributed by atoms with Crippen LogP contribution in [0.5, 0.6) is 0 Å². The number of carbonyl (C=O) groups excluding carboxylic acids is 1. The predicted octanol–water partition coefficient (Wildman–Crippen LogP) is 4.49. The molecule has 1 heterocycles. The van der Waals surface area contributed by atoms with E-state index in [0.717, 1.165) is 27.7 Å². The Labute approximate surface area is 144 Å². The topological polar surface area (TPSA) is 32.7 Å². The molecule has 1 aliphatic rings. The number of hydrazone groups is 1. The molecule has 0 saturated carbocycles. The normalized spacial score (nSPS) is 17.6. The molecule has 1 amide bonds. The Hall–Kier alpha value is -2.20.